The van der Waals surface area contributed by atoms with Gasteiger partial charge in [0, 0.05) is 12.8 Å². The van der Waals surface area contributed by atoms with Gasteiger partial charge in [-0.05, 0) is 82.1 Å². The fraction of sp³-hybridized carbons (Fsp3) is 0.300. The Hall–Kier alpha value is -4.37. The van der Waals surface area contributed by atoms with Gasteiger partial charge in [-0.15, -0.1) is 0 Å². The molecular weight excluding hydrogens is 972 g/mol. The Morgan fingerprint density at radius 3 is 1.23 bits per heavy atom. The van der Waals surface area contributed by atoms with Crippen LogP contribution in [0.4, 0.5) is 8.78 Å². The van der Waals surface area contributed by atoms with E-state index < -0.39 is 51.4 Å². The van der Waals surface area contributed by atoms with E-state index in [0.717, 1.165) is 0 Å². The number of rotatable bonds is 16. The number of azo groups is 1. The van der Waals surface area contributed by atoms with Crippen molar-refractivity contribution in [1.82, 2.24) is 0 Å². The molecule has 0 heterocycles. The standard InChI is InChI=1S/C16H22F2N4O7S.2C12H10I/c1-4-28-12(23)5-7-14(2,9-19)21-22-15(3,10-20)8-6-13(24)29-11-16(17,18)30(25,26)27;2*1-3-7-11(8-4-1)13-12-9-5-2-6-10-12/h4-8,11H2,1-3H3,(H,25,26,27);2*1-10H/q;2*+1/p-1. The lowest BCUT2D eigenvalue weighted by molar-refractivity contribution is -0.597. The molecule has 4 aromatic carbocycles. The molecule has 2 unspecified atom stereocenters. The van der Waals surface area contributed by atoms with Crippen LogP contribution in [-0.2, 0) is 29.2 Å². The summed E-state index contributed by atoms with van der Waals surface area (Å²) in [6.45, 7) is 2.45. The number of esters is 2. The predicted molar refractivity (Wildman–Crippen MR) is 194 cm³/mol. The zero-order chi connectivity index (χ0) is 41.5. The first kappa shape index (κ1) is 47.8. The van der Waals surface area contributed by atoms with Gasteiger partial charge in [-0.1, -0.05) is 72.8 Å². The Morgan fingerprint density at radius 2 is 0.964 bits per heavy atom. The minimum Gasteiger partial charge on any atom is -0.743 e. The molecule has 0 aromatic heterocycles. The predicted octanol–water partition coefficient (Wildman–Crippen LogP) is 1.44. The van der Waals surface area contributed by atoms with Gasteiger partial charge in [0.05, 0.1) is 18.7 Å². The molecule has 0 aliphatic rings. The maximum atomic E-state index is 13.0. The van der Waals surface area contributed by atoms with Crippen molar-refractivity contribution in [2.45, 2.75) is 62.8 Å². The Bertz CT molecular complexity index is 1870. The number of benzene rings is 4. The van der Waals surface area contributed by atoms with Crippen LogP contribution in [-0.4, -0.2) is 54.5 Å². The molecule has 0 N–H and O–H groups in total. The molecule has 0 amide bonds. The van der Waals surface area contributed by atoms with Crippen LogP contribution in [0.2, 0.25) is 0 Å². The molecule has 0 fully saturated rings. The summed E-state index contributed by atoms with van der Waals surface area (Å²) >= 11 is 0.0574. The zero-order valence-electron chi connectivity index (χ0n) is 30.9. The summed E-state index contributed by atoms with van der Waals surface area (Å²) in [5.74, 6) is -1.84. The van der Waals surface area contributed by atoms with Gasteiger partial charge in [-0.2, -0.15) is 29.5 Å². The SMILES string of the molecule is CCOC(=O)CCC(C)(C#N)N=NC(C)(C#N)CCC(=O)OCC(F)(F)S(=O)(=O)[O-].c1ccc([I+]c2ccccc2)cc1.c1ccc([I+]c2ccccc2)cc1. The van der Waals surface area contributed by atoms with Gasteiger partial charge in [0.2, 0.25) is 0 Å². The highest BCUT2D eigenvalue weighted by Gasteiger charge is 2.39. The Kier molecular flexibility index (Phi) is 20.7. The van der Waals surface area contributed by atoms with Crippen molar-refractivity contribution < 1.29 is 83.2 Å². The van der Waals surface area contributed by atoms with Crippen LogP contribution < -0.4 is 42.4 Å². The molecule has 0 radical (unpaired) electrons. The number of alkyl halides is 2. The second-order valence-electron chi connectivity index (χ2n) is 11.9. The molecule has 56 heavy (non-hydrogen) atoms. The second-order valence-corrected chi connectivity index (χ2v) is 19.5. The number of halogens is 4. The summed E-state index contributed by atoms with van der Waals surface area (Å²) in [7, 11) is -6.00. The van der Waals surface area contributed by atoms with Crippen molar-refractivity contribution in [3.05, 3.63) is 136 Å². The van der Waals surface area contributed by atoms with Gasteiger partial charge in [-0.3, -0.25) is 9.59 Å². The van der Waals surface area contributed by atoms with E-state index in [2.05, 4.69) is 136 Å². The summed E-state index contributed by atoms with van der Waals surface area (Å²) in [5.41, 5.74) is -3.11. The average Bonchev–Trinajstić information content (AvgIpc) is 3.19. The largest absolute Gasteiger partial charge is 0.743 e. The lowest BCUT2D eigenvalue weighted by Gasteiger charge is -2.20. The van der Waals surface area contributed by atoms with E-state index in [0.29, 0.717) is 0 Å². The third-order valence-corrected chi connectivity index (χ3v) is 13.3. The third kappa shape index (κ3) is 19.0. The van der Waals surface area contributed by atoms with E-state index in [4.69, 9.17) is 4.74 Å². The molecule has 0 spiro atoms. The first-order valence-corrected chi connectivity index (χ1v) is 22.7. The van der Waals surface area contributed by atoms with Gasteiger partial charge in [0.1, 0.15) is 0 Å². The van der Waals surface area contributed by atoms with E-state index in [1.165, 1.54) is 28.1 Å². The van der Waals surface area contributed by atoms with E-state index in [1.807, 2.05) is 6.07 Å². The minimum absolute atomic E-state index is 0.0287. The number of carbonyl (C=O) groups excluding carboxylic acids is 2. The van der Waals surface area contributed by atoms with Crippen molar-refractivity contribution in [2.24, 2.45) is 10.2 Å². The van der Waals surface area contributed by atoms with Crippen LogP contribution in [0.3, 0.4) is 0 Å². The van der Waals surface area contributed by atoms with E-state index >= 15 is 0 Å². The number of hydrogen-bond donors (Lipinski definition) is 0. The third-order valence-electron chi connectivity index (χ3n) is 7.05. The molecule has 0 aliphatic carbocycles. The first-order chi connectivity index (χ1) is 26.5. The normalized spacial score (nSPS) is 13.1. The molecule has 0 aliphatic heterocycles. The minimum atomic E-state index is -6.00. The second kappa shape index (κ2) is 24.3. The van der Waals surface area contributed by atoms with Crippen LogP contribution in [0.15, 0.2) is 132 Å². The van der Waals surface area contributed by atoms with Gasteiger partial charge >= 0.3 is 59.6 Å². The highest BCUT2D eigenvalue weighted by Crippen LogP contribution is 2.25. The van der Waals surface area contributed by atoms with Crippen LogP contribution in [0, 0.1) is 36.9 Å². The Morgan fingerprint density at radius 1 is 0.661 bits per heavy atom. The highest BCUT2D eigenvalue weighted by atomic mass is 127. The monoisotopic (exact) mass is 1010 g/mol. The smallest absolute Gasteiger partial charge is 0.367 e. The number of carbonyl (C=O) groups is 2. The topological polar surface area (TPSA) is 182 Å². The van der Waals surface area contributed by atoms with E-state index in [-0.39, 0.29) is 68.3 Å². The van der Waals surface area contributed by atoms with Gasteiger partial charge in [-0.25, -0.2) is 8.42 Å². The molecule has 0 saturated carbocycles. The maximum absolute atomic E-state index is 13.0. The van der Waals surface area contributed by atoms with Crippen molar-refractivity contribution in [3.8, 4) is 12.1 Å². The summed E-state index contributed by atoms with van der Waals surface area (Å²) in [6.07, 6.45) is -1.15. The van der Waals surface area contributed by atoms with Crippen molar-refractivity contribution in [2.75, 3.05) is 13.2 Å². The van der Waals surface area contributed by atoms with E-state index in [9.17, 15) is 41.9 Å². The van der Waals surface area contributed by atoms with Gasteiger partial charge in [0.25, 0.3) is 0 Å². The summed E-state index contributed by atoms with van der Waals surface area (Å²) < 4.78 is 71.7. The molecule has 11 nitrogen and oxygen atoms in total. The van der Waals surface area contributed by atoms with Crippen molar-refractivity contribution in [1.29, 1.82) is 10.5 Å². The number of nitrogens with zero attached hydrogens (tertiary/aromatic N) is 4. The molecule has 296 valence electrons. The molecule has 4 aromatic rings. The first-order valence-electron chi connectivity index (χ1n) is 16.9. The van der Waals surface area contributed by atoms with Crippen molar-refractivity contribution in [3.63, 3.8) is 0 Å². The number of hydrogen-bond acceptors (Lipinski definition) is 11. The number of nitriles is 2. The Labute approximate surface area is 347 Å². The Balaban J connectivity index is 0.000000336. The van der Waals surface area contributed by atoms with Gasteiger partial charge in [0.15, 0.2) is 42.1 Å². The van der Waals surface area contributed by atoms with Crippen LogP contribution >= 0.6 is 0 Å². The summed E-state index contributed by atoms with van der Waals surface area (Å²) in [4.78, 5) is 23.0. The van der Waals surface area contributed by atoms with Crippen LogP contribution in [0.25, 0.3) is 0 Å². The molecule has 4 rings (SSSR count). The maximum Gasteiger partial charge on any atom is 0.367 e. The summed E-state index contributed by atoms with van der Waals surface area (Å²) in [5, 5.41) is 21.3. The van der Waals surface area contributed by atoms with Crippen LogP contribution in [0.5, 0.6) is 0 Å². The molecule has 16 heteroatoms. The quantitative estimate of drug-likeness (QED) is 0.0695. The molecule has 0 saturated heterocycles. The lowest BCUT2D eigenvalue weighted by Crippen LogP contribution is -3.61. The number of ether oxygens (including phenoxy) is 2. The molecule has 2 atom stereocenters. The summed E-state index contributed by atoms with van der Waals surface area (Å²) in [6, 6.07) is 46.4. The zero-order valence-corrected chi connectivity index (χ0v) is 36.0. The van der Waals surface area contributed by atoms with Gasteiger partial charge < -0.3 is 14.0 Å². The highest BCUT2D eigenvalue weighted by molar-refractivity contribution is 7.86. The van der Waals surface area contributed by atoms with Crippen molar-refractivity contribution >= 4 is 22.1 Å². The molecular formula is C40H41F2I2N4O7S+. The average molecular weight is 1010 g/mol. The lowest BCUT2D eigenvalue weighted by atomic mass is 9.97. The fourth-order valence-electron chi connectivity index (χ4n) is 3.87. The van der Waals surface area contributed by atoms with Crippen LogP contribution in [0.1, 0.15) is 46.5 Å². The fourth-order valence-corrected chi connectivity index (χ4v) is 8.61. The van der Waals surface area contributed by atoms with E-state index in [1.54, 1.807) is 13.0 Å². The molecule has 0 bridgehead atoms.